The summed E-state index contributed by atoms with van der Waals surface area (Å²) in [7, 11) is 0. The number of aliphatic hydroxyl groups is 1. The van der Waals surface area contributed by atoms with Gasteiger partial charge in [-0.1, -0.05) is 55.5 Å². The minimum Gasteiger partial charge on any atom is -0.380 e. The van der Waals surface area contributed by atoms with E-state index in [0.29, 0.717) is 0 Å². The van der Waals surface area contributed by atoms with Crippen molar-refractivity contribution in [2.45, 2.75) is 38.2 Å². The molecule has 1 saturated heterocycles. The standard InChI is InChI=1S/C22H27NO/c1-17(16-23-14-6-7-15-23)22(24)20-10-4-2-8-18(20)12-13-19-9-3-5-11-21(19)22/h2-5,8-11,17,24H,6-7,12-16H2,1H3. The first-order valence-electron chi connectivity index (χ1n) is 9.31. The highest BCUT2D eigenvalue weighted by Crippen LogP contribution is 2.43. The van der Waals surface area contributed by atoms with Crippen LogP contribution in [-0.2, 0) is 18.4 Å². The number of hydrogen-bond acceptors (Lipinski definition) is 2. The molecule has 2 aromatic rings. The zero-order valence-corrected chi connectivity index (χ0v) is 14.5. The fourth-order valence-corrected chi connectivity index (χ4v) is 4.65. The zero-order valence-electron chi connectivity index (χ0n) is 14.5. The van der Waals surface area contributed by atoms with Crippen molar-refractivity contribution in [3.8, 4) is 0 Å². The summed E-state index contributed by atoms with van der Waals surface area (Å²) in [4.78, 5) is 2.51. The number of benzene rings is 2. The van der Waals surface area contributed by atoms with E-state index in [1.807, 2.05) is 0 Å². The van der Waals surface area contributed by atoms with E-state index in [9.17, 15) is 5.11 Å². The molecule has 2 nitrogen and oxygen atoms in total. The molecule has 126 valence electrons. The van der Waals surface area contributed by atoms with Gasteiger partial charge in [-0.15, -0.1) is 0 Å². The van der Waals surface area contributed by atoms with Crippen LogP contribution < -0.4 is 0 Å². The molecule has 1 heterocycles. The Morgan fingerprint density at radius 3 is 1.96 bits per heavy atom. The lowest BCUT2D eigenvalue weighted by molar-refractivity contribution is 0.00989. The Labute approximate surface area is 145 Å². The van der Waals surface area contributed by atoms with Crippen molar-refractivity contribution in [1.82, 2.24) is 4.90 Å². The van der Waals surface area contributed by atoms with Crippen LogP contribution in [0.3, 0.4) is 0 Å². The molecule has 1 aliphatic carbocycles. The van der Waals surface area contributed by atoms with Crippen LogP contribution in [0.5, 0.6) is 0 Å². The Morgan fingerprint density at radius 2 is 1.42 bits per heavy atom. The van der Waals surface area contributed by atoms with Gasteiger partial charge in [0.15, 0.2) is 0 Å². The number of nitrogens with zero attached hydrogens (tertiary/aromatic N) is 1. The monoisotopic (exact) mass is 321 g/mol. The summed E-state index contributed by atoms with van der Waals surface area (Å²) >= 11 is 0. The molecule has 2 aromatic carbocycles. The first kappa shape index (κ1) is 15.9. The molecule has 1 atom stereocenters. The van der Waals surface area contributed by atoms with Crippen molar-refractivity contribution < 1.29 is 5.11 Å². The first-order chi connectivity index (χ1) is 11.7. The van der Waals surface area contributed by atoms with Crippen LogP contribution in [0.1, 0.15) is 42.0 Å². The largest absolute Gasteiger partial charge is 0.380 e. The first-order valence-corrected chi connectivity index (χ1v) is 9.31. The fraction of sp³-hybridized carbons (Fsp3) is 0.455. The minimum absolute atomic E-state index is 0.163. The van der Waals surface area contributed by atoms with Gasteiger partial charge in [0.25, 0.3) is 0 Å². The lowest BCUT2D eigenvalue weighted by Gasteiger charge is -2.38. The van der Waals surface area contributed by atoms with Gasteiger partial charge in [0.2, 0.25) is 0 Å². The topological polar surface area (TPSA) is 23.5 Å². The number of hydrogen-bond donors (Lipinski definition) is 1. The Hall–Kier alpha value is -1.64. The van der Waals surface area contributed by atoms with E-state index >= 15 is 0 Å². The molecular weight excluding hydrogens is 294 g/mol. The van der Waals surface area contributed by atoms with Gasteiger partial charge in [0.05, 0.1) is 0 Å². The number of likely N-dealkylation sites (tertiary alicyclic amines) is 1. The molecule has 2 heteroatoms. The van der Waals surface area contributed by atoms with E-state index in [1.165, 1.54) is 37.1 Å². The molecule has 1 aliphatic heterocycles. The highest BCUT2D eigenvalue weighted by Gasteiger charge is 2.42. The van der Waals surface area contributed by atoms with Crippen LogP contribution in [-0.4, -0.2) is 29.6 Å². The van der Waals surface area contributed by atoms with E-state index in [1.54, 1.807) is 0 Å². The Morgan fingerprint density at radius 1 is 0.917 bits per heavy atom. The molecule has 4 rings (SSSR count). The van der Waals surface area contributed by atoms with Gasteiger partial charge in [0, 0.05) is 12.5 Å². The highest BCUT2D eigenvalue weighted by molar-refractivity contribution is 5.48. The van der Waals surface area contributed by atoms with Gasteiger partial charge in [0.1, 0.15) is 5.60 Å². The molecule has 0 amide bonds. The number of fused-ring (bicyclic) bond motifs is 2. The quantitative estimate of drug-likeness (QED) is 0.930. The van der Waals surface area contributed by atoms with Crippen molar-refractivity contribution in [3.05, 3.63) is 70.8 Å². The van der Waals surface area contributed by atoms with Gasteiger partial charge in [-0.3, -0.25) is 0 Å². The molecule has 2 aliphatic rings. The predicted octanol–water partition coefficient (Wildman–Crippen LogP) is 3.75. The smallest absolute Gasteiger partial charge is 0.119 e. The summed E-state index contributed by atoms with van der Waals surface area (Å²) in [6.45, 7) is 5.52. The Bertz CT molecular complexity index is 670. The summed E-state index contributed by atoms with van der Waals surface area (Å²) in [5.74, 6) is 0.163. The normalized spacial score (nSPS) is 20.9. The zero-order chi connectivity index (χ0) is 16.6. The third-order valence-corrected chi connectivity index (χ3v) is 5.96. The maximum absolute atomic E-state index is 12.1. The minimum atomic E-state index is -0.897. The third-order valence-electron chi connectivity index (χ3n) is 5.96. The molecular formula is C22H27NO. The van der Waals surface area contributed by atoms with Gasteiger partial charge in [-0.2, -0.15) is 0 Å². The summed E-state index contributed by atoms with van der Waals surface area (Å²) in [5.41, 5.74) is 3.92. The second-order valence-electron chi connectivity index (χ2n) is 7.49. The maximum Gasteiger partial charge on any atom is 0.119 e. The van der Waals surface area contributed by atoms with Crippen LogP contribution in [0.4, 0.5) is 0 Å². The molecule has 0 bridgehead atoms. The van der Waals surface area contributed by atoms with E-state index in [-0.39, 0.29) is 5.92 Å². The van der Waals surface area contributed by atoms with Crippen LogP contribution in [0, 0.1) is 5.92 Å². The summed E-state index contributed by atoms with van der Waals surface area (Å²) in [5, 5.41) is 12.1. The average molecular weight is 321 g/mol. The number of rotatable bonds is 3. The summed E-state index contributed by atoms with van der Waals surface area (Å²) in [6.07, 6.45) is 4.59. The van der Waals surface area contributed by atoms with Crippen LogP contribution in [0.2, 0.25) is 0 Å². The second-order valence-corrected chi connectivity index (χ2v) is 7.49. The lowest BCUT2D eigenvalue weighted by Crippen LogP contribution is -2.42. The van der Waals surface area contributed by atoms with E-state index < -0.39 is 5.60 Å². The van der Waals surface area contributed by atoms with Crippen molar-refractivity contribution in [2.24, 2.45) is 5.92 Å². The number of aryl methyl sites for hydroxylation is 2. The molecule has 0 saturated carbocycles. The van der Waals surface area contributed by atoms with Crippen molar-refractivity contribution in [3.63, 3.8) is 0 Å². The molecule has 0 radical (unpaired) electrons. The van der Waals surface area contributed by atoms with Crippen LogP contribution in [0.25, 0.3) is 0 Å². The maximum atomic E-state index is 12.1. The van der Waals surface area contributed by atoms with Gasteiger partial charge >= 0.3 is 0 Å². The lowest BCUT2D eigenvalue weighted by atomic mass is 9.75. The summed E-state index contributed by atoms with van der Waals surface area (Å²) in [6, 6.07) is 17.0. The van der Waals surface area contributed by atoms with Crippen molar-refractivity contribution >= 4 is 0 Å². The van der Waals surface area contributed by atoms with Gasteiger partial charge in [-0.05, 0) is 61.0 Å². The molecule has 1 unspecified atom stereocenters. The Kier molecular flexibility index (Phi) is 4.19. The molecule has 0 aromatic heterocycles. The van der Waals surface area contributed by atoms with Crippen LogP contribution >= 0.6 is 0 Å². The average Bonchev–Trinajstić information content (AvgIpc) is 3.08. The fourth-order valence-electron chi connectivity index (χ4n) is 4.65. The highest BCUT2D eigenvalue weighted by atomic mass is 16.3. The van der Waals surface area contributed by atoms with Crippen molar-refractivity contribution in [2.75, 3.05) is 19.6 Å². The van der Waals surface area contributed by atoms with Gasteiger partial charge in [-0.25, -0.2) is 0 Å². The Balaban J connectivity index is 1.81. The molecule has 24 heavy (non-hydrogen) atoms. The SMILES string of the molecule is CC(CN1CCCC1)C1(O)c2ccccc2CCc2ccccc21. The van der Waals surface area contributed by atoms with Crippen molar-refractivity contribution in [1.29, 1.82) is 0 Å². The second kappa shape index (κ2) is 6.34. The van der Waals surface area contributed by atoms with E-state index in [4.69, 9.17) is 0 Å². The molecule has 1 fully saturated rings. The van der Waals surface area contributed by atoms with E-state index in [2.05, 4.69) is 60.4 Å². The third kappa shape index (κ3) is 2.58. The predicted molar refractivity (Wildman–Crippen MR) is 98.1 cm³/mol. The van der Waals surface area contributed by atoms with Crippen LogP contribution in [0.15, 0.2) is 48.5 Å². The molecule has 1 N–H and O–H groups in total. The van der Waals surface area contributed by atoms with Gasteiger partial charge < -0.3 is 10.0 Å². The van der Waals surface area contributed by atoms with E-state index in [0.717, 1.165) is 30.5 Å². The summed E-state index contributed by atoms with van der Waals surface area (Å²) < 4.78 is 0. The molecule has 0 spiro atoms.